The van der Waals surface area contributed by atoms with Crippen LogP contribution < -0.4 is 0 Å². The number of hydrogen-bond acceptors (Lipinski definition) is 3. The van der Waals surface area contributed by atoms with Crippen molar-refractivity contribution in [2.75, 3.05) is 0 Å². The lowest BCUT2D eigenvalue weighted by molar-refractivity contribution is 0.437. The van der Waals surface area contributed by atoms with Crippen LogP contribution in [-0.2, 0) is 5.54 Å². The molecule has 0 radical (unpaired) electrons. The van der Waals surface area contributed by atoms with Gasteiger partial charge in [0.1, 0.15) is 11.2 Å². The highest BCUT2D eigenvalue weighted by molar-refractivity contribution is 6.24. The Morgan fingerprint density at radius 1 is 0.592 bits per heavy atom. The van der Waals surface area contributed by atoms with E-state index in [0.717, 1.165) is 78.4 Å². The van der Waals surface area contributed by atoms with E-state index >= 15 is 0 Å². The van der Waals surface area contributed by atoms with E-state index in [1.807, 2.05) is 30.3 Å². The van der Waals surface area contributed by atoms with Gasteiger partial charge in [-0.1, -0.05) is 115 Å². The summed E-state index contributed by atoms with van der Waals surface area (Å²) < 4.78 is 9.16. The number of para-hydroxylation sites is 1. The third-order valence-electron chi connectivity index (χ3n) is 10.1. The average molecular weight is 630 g/mol. The first-order chi connectivity index (χ1) is 24.1. The third-order valence-corrected chi connectivity index (χ3v) is 10.1. The lowest BCUT2D eigenvalue weighted by atomic mass is 9.92. The molecule has 0 spiro atoms. The van der Waals surface area contributed by atoms with Crippen LogP contribution in [0.4, 0.5) is 0 Å². The highest BCUT2D eigenvalue weighted by atomic mass is 16.3. The molecule has 1 aliphatic rings. The zero-order valence-corrected chi connectivity index (χ0v) is 27.0. The SMILES string of the molecule is CC1(n2c3ccc(-c4ccc5nc(-c6ccccc6)nc(-c6ccccc6)c5c4)cc3c3c4oc5ccccc5c4ccc32)C=CC=CC1. The van der Waals surface area contributed by atoms with Gasteiger partial charge in [-0.25, -0.2) is 9.97 Å². The van der Waals surface area contributed by atoms with E-state index in [0.29, 0.717) is 0 Å². The molecule has 1 unspecified atom stereocenters. The monoisotopic (exact) mass is 629 g/mol. The molecule has 0 saturated carbocycles. The van der Waals surface area contributed by atoms with Gasteiger partial charge in [-0.2, -0.15) is 0 Å². The Bertz CT molecular complexity index is 2810. The minimum Gasteiger partial charge on any atom is -0.455 e. The van der Waals surface area contributed by atoms with Crippen LogP contribution in [0.15, 0.2) is 162 Å². The van der Waals surface area contributed by atoms with Crippen molar-refractivity contribution in [1.29, 1.82) is 0 Å². The lowest BCUT2D eigenvalue weighted by Gasteiger charge is -2.31. The predicted octanol–water partition coefficient (Wildman–Crippen LogP) is 11.9. The van der Waals surface area contributed by atoms with E-state index in [4.69, 9.17) is 14.4 Å². The first-order valence-electron chi connectivity index (χ1n) is 16.8. The van der Waals surface area contributed by atoms with E-state index in [1.165, 1.54) is 16.4 Å². The van der Waals surface area contributed by atoms with Gasteiger partial charge in [-0.3, -0.25) is 0 Å². The van der Waals surface area contributed by atoms with E-state index in [-0.39, 0.29) is 5.54 Å². The van der Waals surface area contributed by atoms with Gasteiger partial charge in [0.05, 0.1) is 33.2 Å². The number of aromatic nitrogens is 3. The molecule has 1 atom stereocenters. The number of nitrogens with zero attached hydrogens (tertiary/aromatic N) is 3. The molecule has 10 rings (SSSR count). The van der Waals surface area contributed by atoms with E-state index in [2.05, 4.69) is 139 Å². The van der Waals surface area contributed by atoms with Crippen molar-refractivity contribution in [3.63, 3.8) is 0 Å². The highest BCUT2D eigenvalue weighted by Crippen LogP contribution is 2.44. The topological polar surface area (TPSA) is 43.9 Å². The fourth-order valence-corrected chi connectivity index (χ4v) is 7.74. The summed E-state index contributed by atoms with van der Waals surface area (Å²) in [4.78, 5) is 10.2. The molecule has 6 aromatic carbocycles. The van der Waals surface area contributed by atoms with Gasteiger partial charge in [-0.15, -0.1) is 0 Å². The number of hydrogen-bond donors (Lipinski definition) is 0. The van der Waals surface area contributed by atoms with Crippen molar-refractivity contribution >= 4 is 54.6 Å². The smallest absolute Gasteiger partial charge is 0.160 e. The molecule has 3 heterocycles. The van der Waals surface area contributed by atoms with Crippen LogP contribution >= 0.6 is 0 Å². The third kappa shape index (κ3) is 4.31. The quantitative estimate of drug-likeness (QED) is 0.195. The van der Waals surface area contributed by atoms with E-state index in [9.17, 15) is 0 Å². The molecule has 0 bridgehead atoms. The van der Waals surface area contributed by atoms with Crippen LogP contribution in [-0.4, -0.2) is 14.5 Å². The van der Waals surface area contributed by atoms with Gasteiger partial charge in [0.2, 0.25) is 0 Å². The summed E-state index contributed by atoms with van der Waals surface area (Å²) in [6.45, 7) is 2.32. The van der Waals surface area contributed by atoms with Crippen molar-refractivity contribution in [3.05, 3.63) is 158 Å². The number of furan rings is 1. The first-order valence-corrected chi connectivity index (χ1v) is 16.8. The summed E-state index contributed by atoms with van der Waals surface area (Å²) in [6, 6.07) is 46.9. The Hall–Kier alpha value is -6.26. The van der Waals surface area contributed by atoms with E-state index in [1.54, 1.807) is 0 Å². The van der Waals surface area contributed by atoms with Crippen LogP contribution in [0.5, 0.6) is 0 Å². The number of fused-ring (bicyclic) bond motifs is 8. The first kappa shape index (κ1) is 27.8. The lowest BCUT2D eigenvalue weighted by Crippen LogP contribution is -2.27. The van der Waals surface area contributed by atoms with Crippen LogP contribution in [0.1, 0.15) is 13.3 Å². The molecule has 0 amide bonds. The zero-order valence-electron chi connectivity index (χ0n) is 27.0. The van der Waals surface area contributed by atoms with Gasteiger partial charge >= 0.3 is 0 Å². The maximum atomic E-state index is 6.66. The molecule has 4 heteroatoms. The highest BCUT2D eigenvalue weighted by Gasteiger charge is 2.29. The summed E-state index contributed by atoms with van der Waals surface area (Å²) in [6.07, 6.45) is 9.80. The minimum absolute atomic E-state index is 0.211. The largest absolute Gasteiger partial charge is 0.455 e. The van der Waals surface area contributed by atoms with Crippen molar-refractivity contribution in [2.24, 2.45) is 0 Å². The average Bonchev–Trinajstić information content (AvgIpc) is 3.71. The normalized spacial score (nSPS) is 16.1. The second-order valence-corrected chi connectivity index (χ2v) is 13.2. The van der Waals surface area contributed by atoms with Gasteiger partial charge in [-0.05, 0) is 66.9 Å². The summed E-state index contributed by atoms with van der Waals surface area (Å²) in [5.74, 6) is 0.726. The fraction of sp³-hybridized carbons (Fsp3) is 0.0667. The summed E-state index contributed by atoms with van der Waals surface area (Å²) in [5.41, 5.74) is 10.2. The molecule has 0 fully saturated rings. The van der Waals surface area contributed by atoms with Crippen molar-refractivity contribution < 1.29 is 4.42 Å². The summed E-state index contributed by atoms with van der Waals surface area (Å²) >= 11 is 0. The Labute approximate surface area is 283 Å². The molecule has 3 aromatic heterocycles. The van der Waals surface area contributed by atoms with E-state index < -0.39 is 0 Å². The fourth-order valence-electron chi connectivity index (χ4n) is 7.74. The molecule has 49 heavy (non-hydrogen) atoms. The Morgan fingerprint density at radius 3 is 2.10 bits per heavy atom. The molecular formula is C45H31N3O. The standard InChI is InChI=1S/C45H31N3O/c1-45(25-11-4-12-26-45)48-38-23-20-32(28-36(38)41-39(48)24-21-34-33-17-9-10-18-40(33)49-43(34)41)31-19-22-37-35(27-31)42(29-13-5-2-6-14-29)47-44(46-37)30-15-7-3-8-16-30/h2-25,27-28H,26H2,1H3. The van der Waals surface area contributed by atoms with Crippen molar-refractivity contribution in [3.8, 4) is 33.8 Å². The number of rotatable bonds is 4. The van der Waals surface area contributed by atoms with Crippen LogP contribution in [0.2, 0.25) is 0 Å². The predicted molar refractivity (Wildman–Crippen MR) is 203 cm³/mol. The zero-order chi connectivity index (χ0) is 32.5. The molecule has 0 aliphatic heterocycles. The van der Waals surface area contributed by atoms with Gasteiger partial charge < -0.3 is 8.98 Å². The second kappa shape index (κ2) is 10.6. The minimum atomic E-state index is -0.211. The second-order valence-electron chi connectivity index (χ2n) is 13.2. The number of allylic oxidation sites excluding steroid dienone is 4. The Morgan fingerprint density at radius 2 is 1.31 bits per heavy atom. The van der Waals surface area contributed by atoms with Crippen LogP contribution in [0.3, 0.4) is 0 Å². The molecule has 9 aromatic rings. The van der Waals surface area contributed by atoms with Crippen LogP contribution in [0, 0.1) is 0 Å². The summed E-state index contributed by atoms with van der Waals surface area (Å²) in [7, 11) is 0. The molecule has 232 valence electrons. The molecule has 1 aliphatic carbocycles. The maximum absolute atomic E-state index is 6.66. The Balaban J connectivity index is 1.23. The Kier molecular flexibility index (Phi) is 6.03. The molecule has 0 saturated heterocycles. The van der Waals surface area contributed by atoms with Gasteiger partial charge in [0.15, 0.2) is 5.82 Å². The molecule has 4 nitrogen and oxygen atoms in total. The van der Waals surface area contributed by atoms with Crippen molar-refractivity contribution in [1.82, 2.24) is 14.5 Å². The van der Waals surface area contributed by atoms with Gasteiger partial charge in [0.25, 0.3) is 0 Å². The van der Waals surface area contributed by atoms with Crippen molar-refractivity contribution in [2.45, 2.75) is 18.9 Å². The maximum Gasteiger partial charge on any atom is 0.160 e. The molecular weight excluding hydrogens is 599 g/mol. The van der Waals surface area contributed by atoms with Gasteiger partial charge in [0, 0.05) is 32.7 Å². The summed E-state index contributed by atoms with van der Waals surface area (Å²) in [5, 5.41) is 5.64. The van der Waals surface area contributed by atoms with Crippen LogP contribution in [0.25, 0.3) is 88.4 Å². The number of benzene rings is 6. The molecule has 0 N–H and O–H groups in total.